The van der Waals surface area contributed by atoms with Crippen LogP contribution in [-0.2, 0) is 20.0 Å². The summed E-state index contributed by atoms with van der Waals surface area (Å²) in [5, 5.41) is 0. The molecular formula is C28H16B2N4O8S2. The summed E-state index contributed by atoms with van der Waals surface area (Å²) in [6, 6.07) is 13.1. The average molecular weight is 622 g/mol. The second-order valence-electron chi connectivity index (χ2n) is 9.82. The summed E-state index contributed by atoms with van der Waals surface area (Å²) in [5.74, 6) is -3.22. The van der Waals surface area contributed by atoms with Gasteiger partial charge in [-0.05, 0) is 23.3 Å². The Bertz CT molecular complexity index is 2130. The summed E-state index contributed by atoms with van der Waals surface area (Å²) in [4.78, 5) is 54.1. The van der Waals surface area contributed by atoms with E-state index in [0.717, 1.165) is 12.1 Å². The van der Waals surface area contributed by atoms with E-state index >= 15 is 0 Å². The van der Waals surface area contributed by atoms with E-state index < -0.39 is 97.7 Å². The molecule has 4 aromatic rings. The molecule has 0 fully saturated rings. The van der Waals surface area contributed by atoms with Gasteiger partial charge in [-0.15, -0.1) is 0 Å². The number of fused-ring (bicyclic) bond motifs is 4. The molecule has 214 valence electrons. The van der Waals surface area contributed by atoms with E-state index in [4.69, 9.17) is 27.4 Å². The minimum atomic E-state index is -4.64. The minimum absolute atomic E-state index is 0.0632. The van der Waals surface area contributed by atoms with Crippen molar-refractivity contribution in [2.75, 3.05) is 11.5 Å². The molecule has 0 saturated carbocycles. The lowest BCUT2D eigenvalue weighted by molar-refractivity contribution is 0.0978. The van der Waals surface area contributed by atoms with Crippen LogP contribution in [-0.4, -0.2) is 55.9 Å². The summed E-state index contributed by atoms with van der Waals surface area (Å²) < 4.78 is 55.4. The molecule has 16 heteroatoms. The van der Waals surface area contributed by atoms with Crippen LogP contribution in [0.3, 0.4) is 0 Å². The molecule has 2 aliphatic rings. The van der Waals surface area contributed by atoms with Gasteiger partial charge in [0.15, 0.2) is 23.1 Å². The van der Waals surface area contributed by atoms with Gasteiger partial charge < -0.3 is 11.5 Å². The molecule has 0 aromatic heterocycles. The predicted molar refractivity (Wildman–Crippen MR) is 159 cm³/mol. The summed E-state index contributed by atoms with van der Waals surface area (Å²) in [5.41, 5.74) is 8.17. The van der Waals surface area contributed by atoms with Crippen LogP contribution in [0.25, 0.3) is 11.1 Å². The molecule has 0 aliphatic heterocycles. The normalized spacial score (nSPS) is 14.1. The van der Waals surface area contributed by atoms with E-state index in [1.807, 2.05) is 0 Å². The van der Waals surface area contributed by atoms with Crippen molar-refractivity contribution in [2.24, 2.45) is 0 Å². The van der Waals surface area contributed by atoms with E-state index in [9.17, 15) is 36.0 Å². The van der Waals surface area contributed by atoms with Crippen LogP contribution in [0.2, 0.25) is 0 Å². The van der Waals surface area contributed by atoms with Crippen LogP contribution in [0.5, 0.6) is 0 Å². The van der Waals surface area contributed by atoms with Crippen LogP contribution in [0, 0.1) is 0 Å². The Balaban J connectivity index is 1.85. The molecule has 0 spiro atoms. The van der Waals surface area contributed by atoms with E-state index in [1.165, 1.54) is 48.5 Å². The van der Waals surface area contributed by atoms with Crippen molar-refractivity contribution in [1.82, 2.24) is 9.27 Å². The van der Waals surface area contributed by atoms with Gasteiger partial charge in [0.05, 0.1) is 22.5 Å². The Labute approximate surface area is 252 Å². The molecule has 2 aliphatic carbocycles. The first kappa shape index (κ1) is 29.2. The number of hydrogen-bond donors (Lipinski definition) is 4. The summed E-state index contributed by atoms with van der Waals surface area (Å²) in [7, 11) is 1.25. The van der Waals surface area contributed by atoms with E-state index in [1.54, 1.807) is 9.27 Å². The molecule has 0 heterocycles. The molecule has 12 nitrogen and oxygen atoms in total. The van der Waals surface area contributed by atoms with E-state index in [2.05, 4.69) is 0 Å². The molecule has 0 saturated heterocycles. The zero-order chi connectivity index (χ0) is 31.9. The zero-order valence-corrected chi connectivity index (χ0v) is 23.8. The summed E-state index contributed by atoms with van der Waals surface area (Å²) in [6.07, 6.45) is 0. The van der Waals surface area contributed by atoms with Crippen LogP contribution >= 0.6 is 0 Å². The number of carbonyl (C=O) groups is 4. The van der Waals surface area contributed by atoms with Crippen molar-refractivity contribution in [1.29, 1.82) is 0 Å². The smallest absolute Gasteiger partial charge is 0.231 e. The van der Waals surface area contributed by atoms with Crippen LogP contribution < -0.4 is 20.7 Å². The monoisotopic (exact) mass is 622 g/mol. The largest absolute Gasteiger partial charge is 0.397 e. The summed E-state index contributed by atoms with van der Waals surface area (Å²) >= 11 is 0. The number of ketones is 4. The zero-order valence-electron chi connectivity index (χ0n) is 22.2. The van der Waals surface area contributed by atoms with Crippen LogP contribution in [0.1, 0.15) is 63.7 Å². The van der Waals surface area contributed by atoms with Gasteiger partial charge in [-0.25, -0.2) is 16.8 Å². The fourth-order valence-electron chi connectivity index (χ4n) is 5.58. The Hall–Kier alpha value is -4.89. The second-order valence-corrected chi connectivity index (χ2v) is 13.2. The van der Waals surface area contributed by atoms with Crippen molar-refractivity contribution in [3.63, 3.8) is 0 Å². The lowest BCUT2D eigenvalue weighted by Gasteiger charge is -2.27. The molecule has 0 unspecified atom stereocenters. The highest BCUT2D eigenvalue weighted by Crippen LogP contribution is 2.46. The molecule has 6 N–H and O–H groups in total. The number of nitrogens with one attached hydrogen (secondary N) is 2. The predicted octanol–water partition coefficient (Wildman–Crippen LogP) is 0.792. The molecule has 0 amide bonds. The number of anilines is 2. The molecule has 4 radical (unpaired) electrons. The maximum Gasteiger partial charge on any atom is 0.231 e. The maximum absolute atomic E-state index is 14.0. The Morgan fingerprint density at radius 2 is 0.750 bits per heavy atom. The molecule has 0 atom stereocenters. The minimum Gasteiger partial charge on any atom is -0.397 e. The lowest BCUT2D eigenvalue weighted by Crippen LogP contribution is -2.29. The third-order valence-corrected chi connectivity index (χ3v) is 10.0. The molecule has 0 bridgehead atoms. The Morgan fingerprint density at radius 1 is 0.477 bits per heavy atom. The van der Waals surface area contributed by atoms with Gasteiger partial charge in [0.2, 0.25) is 36.0 Å². The third-order valence-electron chi connectivity index (χ3n) is 7.58. The SMILES string of the molecule is [B]NS(=O)(=O)c1cc(-c2cc(S(=O)(=O)N[B])c(N)c3c2C(=O)c2ccccc2C3=O)c2c(c1N)C(=O)c1ccccc1C2=O. The highest BCUT2D eigenvalue weighted by atomic mass is 32.2. The van der Waals surface area contributed by atoms with E-state index in [-0.39, 0.29) is 22.3 Å². The fraction of sp³-hybridized carbons (Fsp3) is 0. The molecule has 6 rings (SSSR count). The molecular weight excluding hydrogens is 606 g/mol. The first-order valence-corrected chi connectivity index (χ1v) is 15.5. The number of nitrogens with two attached hydrogens (primary N) is 2. The van der Waals surface area contributed by atoms with Crippen molar-refractivity contribution >= 4 is 70.5 Å². The number of benzene rings is 4. The summed E-state index contributed by atoms with van der Waals surface area (Å²) in [6.45, 7) is 0. The Morgan fingerprint density at radius 3 is 1.02 bits per heavy atom. The molecule has 44 heavy (non-hydrogen) atoms. The number of carbonyl (C=O) groups excluding carboxylic acids is 4. The van der Waals surface area contributed by atoms with Crippen molar-refractivity contribution in [3.05, 3.63) is 105 Å². The number of sulfonamides is 2. The second kappa shape index (κ2) is 9.82. The van der Waals surface area contributed by atoms with Crippen molar-refractivity contribution < 1.29 is 36.0 Å². The quantitative estimate of drug-likeness (QED) is 0.157. The third kappa shape index (κ3) is 3.92. The van der Waals surface area contributed by atoms with Gasteiger partial charge in [0.25, 0.3) is 0 Å². The van der Waals surface area contributed by atoms with E-state index in [0.29, 0.717) is 0 Å². The highest BCUT2D eigenvalue weighted by Gasteiger charge is 2.41. The number of hydrogen-bond acceptors (Lipinski definition) is 10. The average Bonchev–Trinajstić information content (AvgIpc) is 3.02. The topological polar surface area (TPSA) is 213 Å². The van der Waals surface area contributed by atoms with Crippen LogP contribution in [0.15, 0.2) is 70.5 Å². The maximum atomic E-state index is 14.0. The highest BCUT2D eigenvalue weighted by molar-refractivity contribution is 7.90. The first-order chi connectivity index (χ1) is 20.8. The number of rotatable bonds is 5. The van der Waals surface area contributed by atoms with Crippen LogP contribution in [0.4, 0.5) is 11.4 Å². The van der Waals surface area contributed by atoms with Gasteiger partial charge in [-0.2, -0.15) is 0 Å². The standard InChI is InChI=1S/C28H16B2N4O8S2/c29-33-43(39,40)17-9-15(19-21(23(17)31)27(37)13-7-3-1-5-11(13)25(19)35)16-10-18(44(41,42)34-30)24(32)22-20(16)26(36)12-6-2-4-8-14(12)28(22)38/h1-10,33-34H,31-32H2. The van der Waals surface area contributed by atoms with Crippen molar-refractivity contribution in [2.45, 2.75) is 9.79 Å². The lowest BCUT2D eigenvalue weighted by atomic mass is 9.75. The fourth-order valence-corrected chi connectivity index (χ4v) is 7.17. The van der Waals surface area contributed by atoms with Gasteiger partial charge in [-0.3, -0.25) is 28.4 Å². The van der Waals surface area contributed by atoms with Crippen molar-refractivity contribution in [3.8, 4) is 11.1 Å². The van der Waals surface area contributed by atoms with Gasteiger partial charge >= 0.3 is 0 Å². The first-order valence-electron chi connectivity index (χ1n) is 12.5. The van der Waals surface area contributed by atoms with Gasteiger partial charge in [0.1, 0.15) is 9.79 Å². The van der Waals surface area contributed by atoms with Gasteiger partial charge in [0, 0.05) is 33.4 Å². The Kier molecular flexibility index (Phi) is 6.51. The number of nitrogen functional groups attached to an aromatic ring is 2. The molecule has 4 aromatic carbocycles. The van der Waals surface area contributed by atoms with Gasteiger partial charge in [-0.1, -0.05) is 48.5 Å².